The number of fused-ring (bicyclic) bond motifs is 3. The number of nitriles is 1. The molecule has 7 heteroatoms. The molecule has 0 bridgehead atoms. The van der Waals surface area contributed by atoms with E-state index in [9.17, 15) is 5.26 Å². The van der Waals surface area contributed by atoms with Crippen LogP contribution in [0.2, 0.25) is 0 Å². The first-order valence-corrected chi connectivity index (χ1v) is 11.7. The van der Waals surface area contributed by atoms with Crippen LogP contribution >= 0.6 is 0 Å². The monoisotopic (exact) mass is 461 g/mol. The Labute approximate surface area is 204 Å². The fourth-order valence-corrected chi connectivity index (χ4v) is 4.70. The van der Waals surface area contributed by atoms with Crippen LogP contribution in [0.5, 0.6) is 0 Å². The Hall–Kier alpha value is -4.44. The molecule has 0 aliphatic carbocycles. The second-order valence-electron chi connectivity index (χ2n) is 8.65. The Morgan fingerprint density at radius 1 is 1.06 bits per heavy atom. The van der Waals surface area contributed by atoms with E-state index in [-0.39, 0.29) is 0 Å². The Morgan fingerprint density at radius 2 is 1.80 bits per heavy atom. The Balaban J connectivity index is 1.56. The van der Waals surface area contributed by atoms with Gasteiger partial charge in [0.25, 0.3) is 0 Å². The lowest BCUT2D eigenvalue weighted by Gasteiger charge is -2.15. The van der Waals surface area contributed by atoms with Crippen LogP contribution in [-0.2, 0) is 13.0 Å². The topological polar surface area (TPSA) is 83.3 Å². The van der Waals surface area contributed by atoms with Gasteiger partial charge in [-0.2, -0.15) is 15.5 Å². The minimum absolute atomic E-state index is 0.599. The normalized spacial score (nSPS) is 11.5. The van der Waals surface area contributed by atoms with Gasteiger partial charge in [-0.25, -0.2) is 4.98 Å². The summed E-state index contributed by atoms with van der Waals surface area (Å²) < 4.78 is 4.02. The number of aromatic nitrogens is 4. The molecule has 0 amide bonds. The highest BCUT2D eigenvalue weighted by molar-refractivity contribution is 5.87. The van der Waals surface area contributed by atoms with Gasteiger partial charge in [0, 0.05) is 11.3 Å². The molecule has 0 aliphatic rings. The van der Waals surface area contributed by atoms with E-state index in [4.69, 9.17) is 10.1 Å². The molecule has 0 saturated carbocycles. The van der Waals surface area contributed by atoms with Gasteiger partial charge in [0.2, 0.25) is 0 Å². The van der Waals surface area contributed by atoms with Crippen molar-refractivity contribution in [2.75, 3.05) is 5.43 Å². The molecule has 3 aromatic heterocycles. The van der Waals surface area contributed by atoms with E-state index in [1.165, 1.54) is 5.56 Å². The Morgan fingerprint density at radius 3 is 2.54 bits per heavy atom. The van der Waals surface area contributed by atoms with E-state index in [0.29, 0.717) is 17.8 Å². The molecule has 0 radical (unpaired) electrons. The second kappa shape index (κ2) is 9.07. The molecule has 7 nitrogen and oxygen atoms in total. The predicted molar refractivity (Wildman–Crippen MR) is 140 cm³/mol. The average Bonchev–Trinajstić information content (AvgIpc) is 3.37. The lowest BCUT2D eigenvalue weighted by Crippen LogP contribution is -2.08. The molecular weight excluding hydrogens is 434 g/mol. The van der Waals surface area contributed by atoms with Gasteiger partial charge in [-0.05, 0) is 56.0 Å². The third kappa shape index (κ3) is 3.83. The number of aryl methyl sites for hydroxylation is 1. The summed E-state index contributed by atoms with van der Waals surface area (Å²) in [6, 6.07) is 20.6. The first kappa shape index (κ1) is 22.4. The van der Waals surface area contributed by atoms with Crippen LogP contribution in [0.4, 0.5) is 5.82 Å². The highest BCUT2D eigenvalue weighted by Crippen LogP contribution is 2.31. The number of hydrazone groups is 1. The summed E-state index contributed by atoms with van der Waals surface area (Å²) in [5.41, 5.74) is 12.5. The van der Waals surface area contributed by atoms with Crippen LogP contribution < -0.4 is 5.43 Å². The van der Waals surface area contributed by atoms with E-state index >= 15 is 0 Å². The molecule has 35 heavy (non-hydrogen) atoms. The zero-order valence-corrected chi connectivity index (χ0v) is 20.4. The summed E-state index contributed by atoms with van der Waals surface area (Å²) in [5, 5.41) is 19.3. The van der Waals surface area contributed by atoms with Crippen molar-refractivity contribution < 1.29 is 0 Å². The third-order valence-electron chi connectivity index (χ3n) is 6.56. The van der Waals surface area contributed by atoms with Crippen molar-refractivity contribution in [3.8, 4) is 6.07 Å². The number of hydrogen-bond donors (Lipinski definition) is 1. The molecule has 0 aliphatic heterocycles. The van der Waals surface area contributed by atoms with Crippen molar-refractivity contribution >= 4 is 28.7 Å². The van der Waals surface area contributed by atoms with E-state index in [1.54, 1.807) is 0 Å². The second-order valence-corrected chi connectivity index (χ2v) is 8.65. The molecule has 0 fully saturated rings. The molecule has 0 atom stereocenters. The molecule has 0 saturated heterocycles. The largest absolute Gasteiger partial charge is 0.276 e. The first-order chi connectivity index (χ1) is 17.0. The SMILES string of the molecule is CCc1c(C)c(C#N)c2nc3ccccc3n2c1N/N=C/c1c(C)nn(Cc2ccccc2)c1C. The number of imidazole rings is 1. The molecule has 2 aromatic carbocycles. The lowest BCUT2D eigenvalue weighted by molar-refractivity contribution is 0.659. The van der Waals surface area contributed by atoms with E-state index in [2.05, 4.69) is 42.6 Å². The number of anilines is 1. The smallest absolute Gasteiger partial charge is 0.157 e. The summed E-state index contributed by atoms with van der Waals surface area (Å²) in [7, 11) is 0. The van der Waals surface area contributed by atoms with Crippen LogP contribution in [-0.4, -0.2) is 25.4 Å². The number of nitrogens with zero attached hydrogens (tertiary/aromatic N) is 6. The van der Waals surface area contributed by atoms with Gasteiger partial charge < -0.3 is 0 Å². The van der Waals surface area contributed by atoms with Crippen molar-refractivity contribution in [1.29, 1.82) is 5.26 Å². The highest BCUT2D eigenvalue weighted by Gasteiger charge is 2.19. The summed E-state index contributed by atoms with van der Waals surface area (Å²) in [6.07, 6.45) is 2.59. The van der Waals surface area contributed by atoms with Crippen LogP contribution in [0.25, 0.3) is 16.7 Å². The molecule has 174 valence electrons. The minimum Gasteiger partial charge on any atom is -0.276 e. The van der Waals surface area contributed by atoms with Crippen LogP contribution in [0.1, 0.15) is 46.1 Å². The molecule has 5 aromatic rings. The molecule has 5 rings (SSSR count). The fourth-order valence-electron chi connectivity index (χ4n) is 4.70. The van der Waals surface area contributed by atoms with Crippen LogP contribution in [0.15, 0.2) is 59.7 Å². The molecule has 1 N–H and O–H groups in total. The Bertz CT molecular complexity index is 1610. The number of benzene rings is 2. The summed E-state index contributed by atoms with van der Waals surface area (Å²) in [6.45, 7) is 8.85. The van der Waals surface area contributed by atoms with Gasteiger partial charge in [0.1, 0.15) is 11.9 Å². The van der Waals surface area contributed by atoms with Crippen molar-refractivity contribution in [1.82, 2.24) is 19.2 Å². The average molecular weight is 462 g/mol. The van der Waals surface area contributed by atoms with Crippen molar-refractivity contribution in [2.45, 2.75) is 40.7 Å². The van der Waals surface area contributed by atoms with Crippen LogP contribution in [0, 0.1) is 32.1 Å². The maximum atomic E-state index is 9.88. The molecule has 3 heterocycles. The zero-order valence-electron chi connectivity index (χ0n) is 20.4. The predicted octanol–water partition coefficient (Wildman–Crippen LogP) is 5.54. The standard InChI is InChI=1S/C28H27N7/c1-5-22-18(2)23(15-29)27-31-25-13-9-10-14-26(25)35(27)28(22)32-30-16-24-19(3)33-34(20(24)4)17-21-11-7-6-8-12-21/h6-14,16,32H,5,17H2,1-4H3/b30-16+. The third-order valence-corrected chi connectivity index (χ3v) is 6.56. The number of hydrogen-bond acceptors (Lipinski definition) is 5. The molecule has 0 spiro atoms. The van der Waals surface area contributed by atoms with Gasteiger partial charge >= 0.3 is 0 Å². The van der Waals surface area contributed by atoms with Crippen molar-refractivity contribution in [2.24, 2.45) is 5.10 Å². The van der Waals surface area contributed by atoms with Gasteiger partial charge in [-0.15, -0.1) is 0 Å². The maximum absolute atomic E-state index is 9.88. The minimum atomic E-state index is 0.599. The van der Waals surface area contributed by atoms with E-state index < -0.39 is 0 Å². The van der Waals surface area contributed by atoms with Crippen LogP contribution in [0.3, 0.4) is 0 Å². The number of pyridine rings is 1. The summed E-state index contributed by atoms with van der Waals surface area (Å²) in [4.78, 5) is 4.76. The van der Waals surface area contributed by atoms with Crippen molar-refractivity contribution in [3.63, 3.8) is 0 Å². The van der Waals surface area contributed by atoms with Gasteiger partial charge in [0.05, 0.1) is 35.1 Å². The first-order valence-electron chi connectivity index (χ1n) is 11.7. The summed E-state index contributed by atoms with van der Waals surface area (Å²) >= 11 is 0. The van der Waals surface area contributed by atoms with Gasteiger partial charge in [-0.3, -0.25) is 14.5 Å². The Kier molecular flexibility index (Phi) is 5.79. The number of rotatable bonds is 6. The molecule has 0 unspecified atom stereocenters. The zero-order chi connectivity index (χ0) is 24.5. The quantitative estimate of drug-likeness (QED) is 0.266. The fraction of sp³-hybridized carbons (Fsp3) is 0.214. The van der Waals surface area contributed by atoms with E-state index in [1.807, 2.05) is 71.6 Å². The van der Waals surface area contributed by atoms with Gasteiger partial charge in [0.15, 0.2) is 5.65 Å². The van der Waals surface area contributed by atoms with Gasteiger partial charge in [-0.1, -0.05) is 49.4 Å². The molecular formula is C28H27N7. The van der Waals surface area contributed by atoms with Crippen molar-refractivity contribution in [3.05, 3.63) is 93.8 Å². The maximum Gasteiger partial charge on any atom is 0.157 e. The summed E-state index contributed by atoms with van der Waals surface area (Å²) in [5.74, 6) is 0.830. The lowest BCUT2D eigenvalue weighted by atomic mass is 10.0. The highest BCUT2D eigenvalue weighted by atomic mass is 15.3. The van der Waals surface area contributed by atoms with E-state index in [0.717, 1.165) is 51.4 Å². The number of nitrogens with one attached hydrogen (secondary N) is 1. The number of para-hydroxylation sites is 2.